The molecule has 1 amide bonds. The molecule has 0 spiro atoms. The van der Waals surface area contributed by atoms with Gasteiger partial charge in [0.1, 0.15) is 6.04 Å². The van der Waals surface area contributed by atoms with Crippen molar-refractivity contribution < 1.29 is 14.3 Å². The molecule has 1 rings (SSSR count). The van der Waals surface area contributed by atoms with Crippen LogP contribution >= 0.6 is 0 Å². The molecule has 1 aromatic carbocycles. The number of methoxy groups -OCH3 is 1. The second-order valence-electron chi connectivity index (χ2n) is 4.47. The number of amides is 1. The summed E-state index contributed by atoms with van der Waals surface area (Å²) in [6.45, 7) is 2.03. The van der Waals surface area contributed by atoms with Crippen LogP contribution in [0.2, 0.25) is 0 Å². The highest BCUT2D eigenvalue weighted by atomic mass is 16.5. The Morgan fingerprint density at radius 3 is 2.60 bits per heavy atom. The predicted octanol–water partition coefficient (Wildman–Crippen LogP) is 2.55. The summed E-state index contributed by atoms with van der Waals surface area (Å²) in [4.78, 5) is 23.4. The predicted molar refractivity (Wildman–Crippen MR) is 78.9 cm³/mol. The molecule has 0 heterocycles. The Bertz CT molecular complexity index is 454. The molecule has 0 aliphatic rings. The van der Waals surface area contributed by atoms with Gasteiger partial charge in [-0.1, -0.05) is 50.1 Å². The molecule has 0 aliphatic carbocycles. The first-order valence-electron chi connectivity index (χ1n) is 6.78. The third-order valence-electron chi connectivity index (χ3n) is 2.88. The van der Waals surface area contributed by atoms with Crippen LogP contribution in [0.25, 0.3) is 6.08 Å². The molecule has 0 saturated heterocycles. The van der Waals surface area contributed by atoms with Crippen molar-refractivity contribution in [3.8, 4) is 0 Å². The number of carbonyl (C=O) groups is 2. The summed E-state index contributed by atoms with van der Waals surface area (Å²) < 4.78 is 4.70. The van der Waals surface area contributed by atoms with E-state index in [1.54, 1.807) is 6.08 Å². The van der Waals surface area contributed by atoms with E-state index in [2.05, 4.69) is 5.32 Å². The Hall–Kier alpha value is -2.10. The standard InChI is InChI=1S/C16H21NO3/c1-3-4-10-14(16(19)20-2)17-15(18)12-11-13-8-6-5-7-9-13/h5-9,11-12,14H,3-4,10H2,1-2H3,(H,17,18)/b12-11+/t14-/m0/s1. The largest absolute Gasteiger partial charge is 0.467 e. The molecule has 1 atom stereocenters. The van der Waals surface area contributed by atoms with Crippen molar-refractivity contribution in [2.45, 2.75) is 32.2 Å². The smallest absolute Gasteiger partial charge is 0.328 e. The molecule has 4 nitrogen and oxygen atoms in total. The van der Waals surface area contributed by atoms with Gasteiger partial charge >= 0.3 is 5.97 Å². The van der Waals surface area contributed by atoms with E-state index in [-0.39, 0.29) is 5.91 Å². The molecule has 0 aromatic heterocycles. The monoisotopic (exact) mass is 275 g/mol. The van der Waals surface area contributed by atoms with Crippen molar-refractivity contribution >= 4 is 18.0 Å². The SMILES string of the molecule is CCCC[C@H](NC(=O)/C=C/c1ccccc1)C(=O)OC. The number of hydrogen-bond donors (Lipinski definition) is 1. The molecule has 0 saturated carbocycles. The topological polar surface area (TPSA) is 55.4 Å². The normalized spacial score (nSPS) is 12.1. The molecule has 0 bridgehead atoms. The molecular weight excluding hydrogens is 254 g/mol. The molecule has 1 aromatic rings. The number of esters is 1. The summed E-state index contributed by atoms with van der Waals surface area (Å²) in [5, 5.41) is 2.67. The lowest BCUT2D eigenvalue weighted by molar-refractivity contribution is -0.144. The Morgan fingerprint density at radius 1 is 1.30 bits per heavy atom. The number of unbranched alkanes of at least 4 members (excludes halogenated alkanes) is 1. The molecule has 1 N–H and O–H groups in total. The van der Waals surface area contributed by atoms with Crippen LogP contribution < -0.4 is 5.32 Å². The third kappa shape index (κ3) is 5.69. The molecule has 0 radical (unpaired) electrons. The summed E-state index contributed by atoms with van der Waals surface area (Å²) >= 11 is 0. The van der Waals surface area contributed by atoms with Gasteiger partial charge in [-0.05, 0) is 18.1 Å². The number of carbonyl (C=O) groups excluding carboxylic acids is 2. The van der Waals surface area contributed by atoms with Crippen molar-refractivity contribution in [2.24, 2.45) is 0 Å². The van der Waals surface area contributed by atoms with Gasteiger partial charge in [-0.2, -0.15) is 0 Å². The second-order valence-corrected chi connectivity index (χ2v) is 4.47. The summed E-state index contributed by atoms with van der Waals surface area (Å²) in [6, 6.07) is 8.94. The maximum atomic E-state index is 11.8. The lowest BCUT2D eigenvalue weighted by Crippen LogP contribution is -2.40. The van der Waals surface area contributed by atoms with E-state index in [1.807, 2.05) is 37.3 Å². The van der Waals surface area contributed by atoms with Crippen molar-refractivity contribution in [1.29, 1.82) is 0 Å². The van der Waals surface area contributed by atoms with Gasteiger partial charge < -0.3 is 10.1 Å². The summed E-state index contributed by atoms with van der Waals surface area (Å²) in [6.07, 6.45) is 5.56. The number of hydrogen-bond acceptors (Lipinski definition) is 3. The first-order valence-corrected chi connectivity index (χ1v) is 6.78. The Labute approximate surface area is 119 Å². The highest BCUT2D eigenvalue weighted by Gasteiger charge is 2.19. The van der Waals surface area contributed by atoms with E-state index in [1.165, 1.54) is 13.2 Å². The van der Waals surface area contributed by atoms with Crippen LogP contribution in [0.15, 0.2) is 36.4 Å². The van der Waals surface area contributed by atoms with Gasteiger partial charge in [0, 0.05) is 6.08 Å². The average Bonchev–Trinajstić information content (AvgIpc) is 2.49. The molecule has 4 heteroatoms. The number of nitrogens with one attached hydrogen (secondary N) is 1. The highest BCUT2D eigenvalue weighted by Crippen LogP contribution is 2.04. The Kier molecular flexibility index (Phi) is 7.11. The fraction of sp³-hybridized carbons (Fsp3) is 0.375. The van der Waals surface area contributed by atoms with E-state index < -0.39 is 12.0 Å². The number of benzene rings is 1. The van der Waals surface area contributed by atoms with E-state index in [0.29, 0.717) is 6.42 Å². The molecular formula is C16H21NO3. The van der Waals surface area contributed by atoms with Crippen LogP contribution in [0.4, 0.5) is 0 Å². The van der Waals surface area contributed by atoms with Crippen LogP contribution in [0, 0.1) is 0 Å². The maximum absolute atomic E-state index is 11.8. The van der Waals surface area contributed by atoms with Gasteiger partial charge in [-0.25, -0.2) is 4.79 Å². The maximum Gasteiger partial charge on any atom is 0.328 e. The minimum absolute atomic E-state index is 0.291. The third-order valence-corrected chi connectivity index (χ3v) is 2.88. The van der Waals surface area contributed by atoms with E-state index in [4.69, 9.17) is 4.74 Å². The first kappa shape index (κ1) is 16.0. The minimum Gasteiger partial charge on any atom is -0.467 e. The van der Waals surface area contributed by atoms with Gasteiger partial charge in [0.05, 0.1) is 7.11 Å². The van der Waals surface area contributed by atoms with Gasteiger partial charge in [0.2, 0.25) is 5.91 Å². The molecule has 20 heavy (non-hydrogen) atoms. The van der Waals surface area contributed by atoms with Crippen LogP contribution in [-0.2, 0) is 14.3 Å². The zero-order valence-corrected chi connectivity index (χ0v) is 12.0. The zero-order chi connectivity index (χ0) is 14.8. The second kappa shape index (κ2) is 8.91. The van der Waals surface area contributed by atoms with E-state index >= 15 is 0 Å². The number of rotatable bonds is 7. The summed E-state index contributed by atoms with van der Waals surface area (Å²) in [5.74, 6) is -0.694. The fourth-order valence-corrected chi connectivity index (χ4v) is 1.76. The van der Waals surface area contributed by atoms with Gasteiger partial charge in [0.25, 0.3) is 0 Å². The van der Waals surface area contributed by atoms with Gasteiger partial charge in [0.15, 0.2) is 0 Å². The molecule has 0 aliphatic heterocycles. The van der Waals surface area contributed by atoms with Gasteiger partial charge in [-0.15, -0.1) is 0 Å². The molecule has 0 fully saturated rings. The van der Waals surface area contributed by atoms with Crippen molar-refractivity contribution in [2.75, 3.05) is 7.11 Å². The van der Waals surface area contributed by atoms with Crippen molar-refractivity contribution in [3.63, 3.8) is 0 Å². The minimum atomic E-state index is -0.576. The number of ether oxygens (including phenoxy) is 1. The first-order chi connectivity index (χ1) is 9.67. The van der Waals surface area contributed by atoms with Gasteiger partial charge in [-0.3, -0.25) is 4.79 Å². The van der Waals surface area contributed by atoms with E-state index in [9.17, 15) is 9.59 Å². The quantitative estimate of drug-likeness (QED) is 0.614. The highest BCUT2D eigenvalue weighted by molar-refractivity contribution is 5.94. The van der Waals surface area contributed by atoms with Crippen LogP contribution in [0.5, 0.6) is 0 Å². The molecule has 108 valence electrons. The lowest BCUT2D eigenvalue weighted by atomic mass is 10.1. The zero-order valence-electron chi connectivity index (χ0n) is 12.0. The van der Waals surface area contributed by atoms with E-state index in [0.717, 1.165) is 18.4 Å². The Balaban J connectivity index is 2.57. The van der Waals surface area contributed by atoms with Crippen LogP contribution in [0.1, 0.15) is 31.7 Å². The average molecular weight is 275 g/mol. The lowest BCUT2D eigenvalue weighted by Gasteiger charge is -2.14. The van der Waals surface area contributed by atoms with Crippen molar-refractivity contribution in [1.82, 2.24) is 5.32 Å². The Morgan fingerprint density at radius 2 is 2.00 bits per heavy atom. The van der Waals surface area contributed by atoms with Crippen molar-refractivity contribution in [3.05, 3.63) is 42.0 Å². The summed E-state index contributed by atoms with van der Waals surface area (Å²) in [7, 11) is 1.33. The fourth-order valence-electron chi connectivity index (χ4n) is 1.76. The summed E-state index contributed by atoms with van der Waals surface area (Å²) in [5.41, 5.74) is 0.936. The van der Waals surface area contributed by atoms with Crippen LogP contribution in [-0.4, -0.2) is 25.0 Å². The van der Waals surface area contributed by atoms with Crippen LogP contribution in [0.3, 0.4) is 0 Å². The molecule has 0 unspecified atom stereocenters.